The van der Waals surface area contributed by atoms with E-state index in [1.54, 1.807) is 30.8 Å². The number of hydrogen-bond acceptors (Lipinski definition) is 2. The first kappa shape index (κ1) is 14.4. The van der Waals surface area contributed by atoms with Gasteiger partial charge in [0.2, 0.25) is 0 Å². The third kappa shape index (κ3) is 2.94. The van der Waals surface area contributed by atoms with Crippen LogP contribution in [0.3, 0.4) is 0 Å². The van der Waals surface area contributed by atoms with Gasteiger partial charge in [0.1, 0.15) is 5.15 Å². The standard InChI is InChI=1S/C14H16Cl2N2O/c1-9-12(13(16)18(3)17-9)8-14(2,19)10-4-6-11(15)7-5-10/h4-7,19H,8H2,1-3H3. The van der Waals surface area contributed by atoms with Gasteiger partial charge in [0.15, 0.2) is 0 Å². The number of aryl methyl sites for hydroxylation is 2. The number of benzene rings is 1. The van der Waals surface area contributed by atoms with Crippen molar-refractivity contribution in [1.82, 2.24) is 9.78 Å². The monoisotopic (exact) mass is 298 g/mol. The lowest BCUT2D eigenvalue weighted by Gasteiger charge is -2.24. The molecule has 1 aromatic carbocycles. The molecule has 5 heteroatoms. The van der Waals surface area contributed by atoms with Crippen molar-refractivity contribution < 1.29 is 5.11 Å². The summed E-state index contributed by atoms with van der Waals surface area (Å²) in [5.41, 5.74) is 1.49. The minimum absolute atomic E-state index is 0.410. The SMILES string of the molecule is Cc1nn(C)c(Cl)c1CC(C)(O)c1ccc(Cl)cc1. The zero-order valence-corrected chi connectivity index (χ0v) is 12.6. The molecular weight excluding hydrogens is 283 g/mol. The van der Waals surface area contributed by atoms with E-state index in [1.807, 2.05) is 19.1 Å². The summed E-state index contributed by atoms with van der Waals surface area (Å²) in [6, 6.07) is 7.18. The van der Waals surface area contributed by atoms with E-state index in [-0.39, 0.29) is 0 Å². The predicted octanol–water partition coefficient (Wildman–Crippen LogP) is 3.49. The van der Waals surface area contributed by atoms with Crippen molar-refractivity contribution in [3.63, 3.8) is 0 Å². The van der Waals surface area contributed by atoms with Crippen LogP contribution >= 0.6 is 23.2 Å². The van der Waals surface area contributed by atoms with Crippen LogP contribution in [0, 0.1) is 6.92 Å². The Labute approximate surface area is 122 Å². The van der Waals surface area contributed by atoms with Crippen LogP contribution in [0.15, 0.2) is 24.3 Å². The Kier molecular flexibility index (Phi) is 3.90. The number of aromatic nitrogens is 2. The summed E-state index contributed by atoms with van der Waals surface area (Å²) in [6.45, 7) is 3.65. The molecule has 0 saturated heterocycles. The Hall–Kier alpha value is -1.03. The average molecular weight is 299 g/mol. The molecule has 0 saturated carbocycles. The third-order valence-corrected chi connectivity index (χ3v) is 3.98. The molecule has 1 atom stereocenters. The summed E-state index contributed by atoms with van der Waals surface area (Å²) < 4.78 is 1.62. The van der Waals surface area contributed by atoms with Crippen LogP contribution in [-0.4, -0.2) is 14.9 Å². The molecule has 102 valence electrons. The molecule has 1 unspecified atom stereocenters. The van der Waals surface area contributed by atoms with Gasteiger partial charge in [0, 0.05) is 24.1 Å². The van der Waals surface area contributed by atoms with Gasteiger partial charge in [-0.3, -0.25) is 4.68 Å². The molecule has 1 N–H and O–H groups in total. The van der Waals surface area contributed by atoms with E-state index in [0.29, 0.717) is 16.6 Å². The molecule has 0 radical (unpaired) electrons. The molecule has 0 aliphatic carbocycles. The molecule has 1 heterocycles. The van der Waals surface area contributed by atoms with Crippen LogP contribution in [-0.2, 0) is 19.1 Å². The van der Waals surface area contributed by atoms with Crippen molar-refractivity contribution >= 4 is 23.2 Å². The lowest BCUT2D eigenvalue weighted by atomic mass is 9.89. The first-order valence-electron chi connectivity index (χ1n) is 5.97. The third-order valence-electron chi connectivity index (χ3n) is 3.26. The fraction of sp³-hybridized carbons (Fsp3) is 0.357. The number of halogens is 2. The Bertz CT molecular complexity index is 588. The molecule has 2 rings (SSSR count). The van der Waals surface area contributed by atoms with Crippen LogP contribution in [0.4, 0.5) is 0 Å². The summed E-state index contributed by atoms with van der Waals surface area (Å²) in [5, 5.41) is 16.1. The van der Waals surface area contributed by atoms with E-state index in [2.05, 4.69) is 5.10 Å². The van der Waals surface area contributed by atoms with Gasteiger partial charge >= 0.3 is 0 Å². The summed E-state index contributed by atoms with van der Waals surface area (Å²) in [5.74, 6) is 0. The Morgan fingerprint density at radius 2 is 1.84 bits per heavy atom. The predicted molar refractivity (Wildman–Crippen MR) is 77.7 cm³/mol. The van der Waals surface area contributed by atoms with E-state index in [4.69, 9.17) is 23.2 Å². The smallest absolute Gasteiger partial charge is 0.130 e. The lowest BCUT2D eigenvalue weighted by molar-refractivity contribution is 0.0575. The van der Waals surface area contributed by atoms with Crippen LogP contribution in [0.25, 0.3) is 0 Å². The van der Waals surface area contributed by atoms with Crippen molar-refractivity contribution in [2.24, 2.45) is 7.05 Å². The van der Waals surface area contributed by atoms with Crippen molar-refractivity contribution in [2.45, 2.75) is 25.9 Å². The molecule has 0 aliphatic rings. The zero-order valence-electron chi connectivity index (χ0n) is 11.1. The molecule has 0 bridgehead atoms. The molecule has 1 aromatic heterocycles. The highest BCUT2D eigenvalue weighted by Gasteiger charge is 2.27. The molecule has 2 aromatic rings. The molecule has 0 amide bonds. The van der Waals surface area contributed by atoms with Gasteiger partial charge in [-0.15, -0.1) is 0 Å². The molecule has 19 heavy (non-hydrogen) atoms. The van der Waals surface area contributed by atoms with Crippen molar-refractivity contribution in [1.29, 1.82) is 0 Å². The second-order valence-electron chi connectivity index (χ2n) is 4.94. The fourth-order valence-electron chi connectivity index (χ4n) is 2.13. The zero-order chi connectivity index (χ0) is 14.2. The molecule has 0 spiro atoms. The second-order valence-corrected chi connectivity index (χ2v) is 5.73. The highest BCUT2D eigenvalue weighted by Crippen LogP contribution is 2.30. The minimum Gasteiger partial charge on any atom is -0.385 e. The number of rotatable bonds is 3. The van der Waals surface area contributed by atoms with Gasteiger partial charge in [-0.2, -0.15) is 5.10 Å². The summed E-state index contributed by atoms with van der Waals surface area (Å²) in [6.07, 6.45) is 0.410. The largest absolute Gasteiger partial charge is 0.385 e. The van der Waals surface area contributed by atoms with Crippen molar-refractivity contribution in [3.8, 4) is 0 Å². The molecular formula is C14H16Cl2N2O. The van der Waals surface area contributed by atoms with Crippen LogP contribution < -0.4 is 0 Å². The summed E-state index contributed by atoms with van der Waals surface area (Å²) >= 11 is 12.1. The highest BCUT2D eigenvalue weighted by molar-refractivity contribution is 6.30. The fourth-order valence-corrected chi connectivity index (χ4v) is 2.50. The van der Waals surface area contributed by atoms with Gasteiger partial charge in [-0.05, 0) is 31.5 Å². The van der Waals surface area contributed by atoms with E-state index < -0.39 is 5.60 Å². The Morgan fingerprint density at radius 1 is 1.26 bits per heavy atom. The summed E-state index contributed by atoms with van der Waals surface area (Å²) in [4.78, 5) is 0. The number of aliphatic hydroxyl groups is 1. The second kappa shape index (κ2) is 5.16. The van der Waals surface area contributed by atoms with Gasteiger partial charge in [0.05, 0.1) is 11.3 Å². The summed E-state index contributed by atoms with van der Waals surface area (Å²) in [7, 11) is 1.79. The Morgan fingerprint density at radius 3 is 2.32 bits per heavy atom. The maximum atomic E-state index is 10.6. The van der Waals surface area contributed by atoms with Crippen LogP contribution in [0.2, 0.25) is 10.2 Å². The normalized spacial score (nSPS) is 14.4. The highest BCUT2D eigenvalue weighted by atomic mass is 35.5. The maximum Gasteiger partial charge on any atom is 0.130 e. The Balaban J connectivity index is 2.33. The minimum atomic E-state index is -1.01. The van der Waals surface area contributed by atoms with E-state index in [9.17, 15) is 5.11 Å². The van der Waals surface area contributed by atoms with Crippen LogP contribution in [0.5, 0.6) is 0 Å². The van der Waals surface area contributed by atoms with Crippen LogP contribution in [0.1, 0.15) is 23.7 Å². The lowest BCUT2D eigenvalue weighted by Crippen LogP contribution is -2.24. The van der Waals surface area contributed by atoms with E-state index >= 15 is 0 Å². The van der Waals surface area contributed by atoms with Crippen molar-refractivity contribution in [3.05, 3.63) is 51.3 Å². The molecule has 0 aliphatic heterocycles. The van der Waals surface area contributed by atoms with Gasteiger partial charge in [-0.1, -0.05) is 35.3 Å². The van der Waals surface area contributed by atoms with E-state index in [0.717, 1.165) is 16.8 Å². The van der Waals surface area contributed by atoms with Gasteiger partial charge in [0.25, 0.3) is 0 Å². The maximum absolute atomic E-state index is 10.6. The topological polar surface area (TPSA) is 38.0 Å². The van der Waals surface area contributed by atoms with Crippen molar-refractivity contribution in [2.75, 3.05) is 0 Å². The van der Waals surface area contributed by atoms with E-state index in [1.165, 1.54) is 0 Å². The first-order valence-corrected chi connectivity index (χ1v) is 6.73. The van der Waals surface area contributed by atoms with Gasteiger partial charge < -0.3 is 5.11 Å². The number of nitrogens with zero attached hydrogens (tertiary/aromatic N) is 2. The quantitative estimate of drug-likeness (QED) is 0.942. The first-order chi connectivity index (χ1) is 8.81. The molecule has 3 nitrogen and oxygen atoms in total. The average Bonchev–Trinajstić information content (AvgIpc) is 2.56. The van der Waals surface area contributed by atoms with Gasteiger partial charge in [-0.25, -0.2) is 0 Å². The number of hydrogen-bond donors (Lipinski definition) is 1. The molecule has 0 fully saturated rings.